The van der Waals surface area contributed by atoms with Gasteiger partial charge in [-0.15, -0.1) is 11.3 Å². The summed E-state index contributed by atoms with van der Waals surface area (Å²) in [5, 5.41) is 2.92. The lowest BCUT2D eigenvalue weighted by molar-refractivity contribution is -0.120. The maximum absolute atomic E-state index is 12.2. The van der Waals surface area contributed by atoms with E-state index in [0.29, 0.717) is 6.54 Å². The van der Waals surface area contributed by atoms with E-state index in [1.165, 1.54) is 11.3 Å². The first kappa shape index (κ1) is 16.5. The number of nitrogens with zero attached hydrogens (tertiary/aromatic N) is 1. The van der Waals surface area contributed by atoms with Gasteiger partial charge in [-0.3, -0.25) is 9.69 Å². The normalized spacial score (nSPS) is 12.4. The van der Waals surface area contributed by atoms with Crippen LogP contribution in [-0.2, 0) is 11.3 Å². The van der Waals surface area contributed by atoms with Gasteiger partial charge in [0, 0.05) is 21.6 Å². The number of hydrogen-bond donors (Lipinski definition) is 1. The molecule has 0 saturated heterocycles. The predicted octanol–water partition coefficient (Wildman–Crippen LogP) is 4.62. The standard InChI is InChI=1S/C15H16BrClN2OS/c1-10(19(2)9-13-7-8-14(17)21-13)15(20)18-12-5-3-11(16)4-6-12/h3-8,10H,9H2,1-2H3,(H,18,20)/t10-/m1/s1. The van der Waals surface area contributed by atoms with Crippen LogP contribution in [0.25, 0.3) is 0 Å². The van der Waals surface area contributed by atoms with Gasteiger partial charge in [0.2, 0.25) is 5.91 Å². The van der Waals surface area contributed by atoms with Crippen molar-refractivity contribution in [2.75, 3.05) is 12.4 Å². The van der Waals surface area contributed by atoms with Gasteiger partial charge in [-0.1, -0.05) is 27.5 Å². The summed E-state index contributed by atoms with van der Waals surface area (Å²) in [6, 6.07) is 11.2. The van der Waals surface area contributed by atoms with E-state index in [1.807, 2.05) is 55.3 Å². The van der Waals surface area contributed by atoms with Gasteiger partial charge in [0.1, 0.15) is 0 Å². The van der Waals surface area contributed by atoms with Crippen LogP contribution < -0.4 is 5.32 Å². The molecule has 2 rings (SSSR count). The van der Waals surface area contributed by atoms with Crippen molar-refractivity contribution < 1.29 is 4.79 Å². The van der Waals surface area contributed by atoms with Gasteiger partial charge in [0.15, 0.2) is 0 Å². The molecule has 1 amide bonds. The minimum absolute atomic E-state index is 0.0255. The number of benzene rings is 1. The summed E-state index contributed by atoms with van der Waals surface area (Å²) in [6.45, 7) is 2.59. The molecule has 6 heteroatoms. The number of anilines is 1. The van der Waals surface area contributed by atoms with Crippen LogP contribution in [0, 0.1) is 0 Å². The summed E-state index contributed by atoms with van der Waals surface area (Å²) in [5.74, 6) is -0.0255. The highest BCUT2D eigenvalue weighted by molar-refractivity contribution is 9.10. The summed E-state index contributed by atoms with van der Waals surface area (Å²) in [6.07, 6.45) is 0. The Morgan fingerprint density at radius 1 is 1.33 bits per heavy atom. The molecule has 1 N–H and O–H groups in total. The van der Waals surface area contributed by atoms with E-state index in [4.69, 9.17) is 11.6 Å². The molecule has 0 aliphatic carbocycles. The lowest BCUT2D eigenvalue weighted by atomic mass is 10.2. The molecule has 1 aromatic carbocycles. The summed E-state index contributed by atoms with van der Waals surface area (Å²) in [5.41, 5.74) is 0.794. The Bertz CT molecular complexity index is 614. The van der Waals surface area contributed by atoms with Crippen LogP contribution in [-0.4, -0.2) is 23.9 Å². The van der Waals surface area contributed by atoms with E-state index >= 15 is 0 Å². The van der Waals surface area contributed by atoms with E-state index in [1.54, 1.807) is 0 Å². The van der Waals surface area contributed by atoms with Gasteiger partial charge in [-0.2, -0.15) is 0 Å². The second-order valence-corrected chi connectivity index (χ2v) is 7.51. The van der Waals surface area contributed by atoms with Crippen LogP contribution in [0.2, 0.25) is 4.34 Å². The van der Waals surface area contributed by atoms with Gasteiger partial charge in [-0.05, 0) is 50.4 Å². The molecule has 1 aromatic heterocycles. The maximum atomic E-state index is 12.2. The van der Waals surface area contributed by atoms with Crippen LogP contribution in [0.4, 0.5) is 5.69 Å². The zero-order chi connectivity index (χ0) is 15.4. The molecule has 0 aliphatic rings. The van der Waals surface area contributed by atoms with Gasteiger partial charge in [-0.25, -0.2) is 0 Å². The van der Waals surface area contributed by atoms with Crippen LogP contribution in [0.15, 0.2) is 40.9 Å². The maximum Gasteiger partial charge on any atom is 0.241 e. The van der Waals surface area contributed by atoms with E-state index in [2.05, 4.69) is 21.2 Å². The fourth-order valence-corrected chi connectivity index (χ4v) is 3.21. The lowest BCUT2D eigenvalue weighted by Crippen LogP contribution is -2.39. The van der Waals surface area contributed by atoms with Crippen LogP contribution in [0.3, 0.4) is 0 Å². The molecule has 0 radical (unpaired) electrons. The fourth-order valence-electron chi connectivity index (χ4n) is 1.80. The molecule has 0 fully saturated rings. The van der Waals surface area contributed by atoms with Crippen molar-refractivity contribution in [3.63, 3.8) is 0 Å². The first-order chi connectivity index (χ1) is 9.95. The third-order valence-corrected chi connectivity index (χ3v) is 4.93. The lowest BCUT2D eigenvalue weighted by Gasteiger charge is -2.23. The van der Waals surface area contributed by atoms with E-state index in [-0.39, 0.29) is 11.9 Å². The summed E-state index contributed by atoms with van der Waals surface area (Å²) < 4.78 is 1.76. The van der Waals surface area contributed by atoms with E-state index < -0.39 is 0 Å². The van der Waals surface area contributed by atoms with Crippen LogP contribution in [0.5, 0.6) is 0 Å². The number of carbonyl (C=O) groups is 1. The first-order valence-electron chi connectivity index (χ1n) is 6.46. The molecule has 1 atom stereocenters. The number of thiophene rings is 1. The smallest absolute Gasteiger partial charge is 0.241 e. The number of halogens is 2. The van der Waals surface area contributed by atoms with Gasteiger partial charge in [0.25, 0.3) is 0 Å². The second kappa shape index (κ2) is 7.40. The number of likely N-dealkylation sites (N-methyl/N-ethyl adjacent to an activating group) is 1. The highest BCUT2D eigenvalue weighted by Crippen LogP contribution is 2.23. The first-order valence-corrected chi connectivity index (χ1v) is 8.45. The number of nitrogens with one attached hydrogen (secondary N) is 1. The number of hydrogen-bond acceptors (Lipinski definition) is 3. The number of amides is 1. The zero-order valence-corrected chi connectivity index (χ0v) is 14.9. The molecule has 2 aromatic rings. The van der Waals surface area contributed by atoms with Gasteiger partial charge < -0.3 is 5.32 Å². The molecule has 0 spiro atoms. The second-order valence-electron chi connectivity index (χ2n) is 4.79. The summed E-state index contributed by atoms with van der Waals surface area (Å²) in [7, 11) is 1.93. The monoisotopic (exact) mass is 386 g/mol. The Kier molecular flexibility index (Phi) is 5.81. The van der Waals surface area contributed by atoms with Crippen molar-refractivity contribution in [1.29, 1.82) is 0 Å². The Balaban J connectivity index is 1.93. The Labute approximate surface area is 142 Å². The molecule has 0 unspecified atom stereocenters. The van der Waals surface area contributed by atoms with Gasteiger partial charge in [0.05, 0.1) is 10.4 Å². The van der Waals surface area contributed by atoms with Crippen molar-refractivity contribution in [1.82, 2.24) is 4.90 Å². The average Bonchev–Trinajstić information content (AvgIpc) is 2.85. The van der Waals surface area contributed by atoms with Crippen molar-refractivity contribution >= 4 is 50.5 Å². The number of carbonyl (C=O) groups excluding carboxylic acids is 1. The minimum atomic E-state index is -0.227. The highest BCUT2D eigenvalue weighted by Gasteiger charge is 2.18. The largest absolute Gasteiger partial charge is 0.325 e. The topological polar surface area (TPSA) is 32.3 Å². The predicted molar refractivity (Wildman–Crippen MR) is 93.0 cm³/mol. The van der Waals surface area contributed by atoms with Crippen molar-refractivity contribution in [3.8, 4) is 0 Å². The third kappa shape index (κ3) is 4.81. The quantitative estimate of drug-likeness (QED) is 0.811. The molecule has 0 bridgehead atoms. The molecular formula is C15H16BrClN2OS. The Hall–Kier alpha value is -0.880. The molecule has 3 nitrogen and oxygen atoms in total. The van der Waals surface area contributed by atoms with Crippen LogP contribution >= 0.6 is 38.9 Å². The summed E-state index contributed by atoms with van der Waals surface area (Å²) >= 11 is 10.8. The molecule has 21 heavy (non-hydrogen) atoms. The van der Waals surface area contributed by atoms with Crippen molar-refractivity contribution in [2.45, 2.75) is 19.5 Å². The number of rotatable bonds is 5. The zero-order valence-electron chi connectivity index (χ0n) is 11.8. The van der Waals surface area contributed by atoms with Gasteiger partial charge >= 0.3 is 0 Å². The highest BCUT2D eigenvalue weighted by atomic mass is 79.9. The fraction of sp³-hybridized carbons (Fsp3) is 0.267. The third-order valence-electron chi connectivity index (χ3n) is 3.19. The van der Waals surface area contributed by atoms with Crippen LogP contribution in [0.1, 0.15) is 11.8 Å². The molecular weight excluding hydrogens is 372 g/mol. The van der Waals surface area contributed by atoms with E-state index in [0.717, 1.165) is 19.4 Å². The molecule has 112 valence electrons. The SMILES string of the molecule is C[C@H](C(=O)Nc1ccc(Br)cc1)N(C)Cc1ccc(Cl)s1. The molecule has 0 saturated carbocycles. The molecule has 0 aliphatic heterocycles. The van der Waals surface area contributed by atoms with Crippen molar-refractivity contribution in [3.05, 3.63) is 50.1 Å². The summed E-state index contributed by atoms with van der Waals surface area (Å²) in [4.78, 5) is 15.4. The average molecular weight is 388 g/mol. The molecule has 1 heterocycles. The van der Waals surface area contributed by atoms with E-state index in [9.17, 15) is 4.79 Å². The Morgan fingerprint density at radius 3 is 2.57 bits per heavy atom. The minimum Gasteiger partial charge on any atom is -0.325 e. The van der Waals surface area contributed by atoms with Crippen molar-refractivity contribution in [2.24, 2.45) is 0 Å². The Morgan fingerprint density at radius 2 is 2.00 bits per heavy atom.